The molecule has 1 fully saturated rings. The zero-order valence-corrected chi connectivity index (χ0v) is 16.3. The standard InChI is InChI=1S/C18H27ClN4O3/c1-13(26-16-6-4-14(19)5-7-16)12-21-17(20-2)22-15-8-10-23(11-9-15)18(24)25-3/h4-7,13,15H,8-12H2,1-3H3,(H2,20,21,22). The largest absolute Gasteiger partial charge is 0.489 e. The molecule has 0 aliphatic carbocycles. The quantitative estimate of drug-likeness (QED) is 0.604. The van der Waals surface area contributed by atoms with Crippen LogP contribution in [0.5, 0.6) is 5.75 Å². The SMILES string of the molecule is CN=C(NCC(C)Oc1ccc(Cl)cc1)NC1CCN(C(=O)OC)CC1. The van der Waals surface area contributed by atoms with Crippen molar-refractivity contribution in [3.63, 3.8) is 0 Å². The molecule has 1 amide bonds. The number of methoxy groups -OCH3 is 1. The first-order chi connectivity index (χ1) is 12.5. The maximum absolute atomic E-state index is 11.5. The molecule has 8 heteroatoms. The number of carbonyl (C=O) groups is 1. The van der Waals surface area contributed by atoms with Gasteiger partial charge in [0.2, 0.25) is 0 Å². The van der Waals surface area contributed by atoms with Gasteiger partial charge in [-0.1, -0.05) is 11.6 Å². The number of halogens is 1. The summed E-state index contributed by atoms with van der Waals surface area (Å²) in [7, 11) is 3.15. The molecule has 0 aromatic heterocycles. The van der Waals surface area contributed by atoms with Gasteiger partial charge in [0, 0.05) is 31.2 Å². The topological polar surface area (TPSA) is 75.2 Å². The van der Waals surface area contributed by atoms with E-state index in [0.29, 0.717) is 24.7 Å². The summed E-state index contributed by atoms with van der Waals surface area (Å²) >= 11 is 5.88. The molecular formula is C18H27ClN4O3. The van der Waals surface area contributed by atoms with Crippen LogP contribution < -0.4 is 15.4 Å². The van der Waals surface area contributed by atoms with E-state index in [0.717, 1.165) is 24.6 Å². The highest BCUT2D eigenvalue weighted by molar-refractivity contribution is 6.30. The molecule has 1 aromatic rings. The lowest BCUT2D eigenvalue weighted by atomic mass is 10.1. The Kier molecular flexibility index (Phi) is 7.84. The molecule has 26 heavy (non-hydrogen) atoms. The summed E-state index contributed by atoms with van der Waals surface area (Å²) in [6.07, 6.45) is 1.41. The lowest BCUT2D eigenvalue weighted by Crippen LogP contribution is -2.50. The van der Waals surface area contributed by atoms with E-state index in [9.17, 15) is 4.79 Å². The highest BCUT2D eigenvalue weighted by Crippen LogP contribution is 2.16. The average Bonchev–Trinajstić information content (AvgIpc) is 2.66. The van der Waals surface area contributed by atoms with Crippen LogP contribution in [0.3, 0.4) is 0 Å². The number of guanidine groups is 1. The average molecular weight is 383 g/mol. The number of rotatable bonds is 5. The third-order valence-electron chi connectivity index (χ3n) is 4.20. The minimum atomic E-state index is -0.265. The van der Waals surface area contributed by atoms with E-state index >= 15 is 0 Å². The van der Waals surface area contributed by atoms with Crippen molar-refractivity contribution in [2.75, 3.05) is 33.8 Å². The van der Waals surface area contributed by atoms with Crippen molar-refractivity contribution < 1.29 is 14.3 Å². The van der Waals surface area contributed by atoms with Crippen molar-refractivity contribution in [3.8, 4) is 5.75 Å². The summed E-state index contributed by atoms with van der Waals surface area (Å²) in [5, 5.41) is 7.36. The predicted molar refractivity (Wildman–Crippen MR) is 103 cm³/mol. The van der Waals surface area contributed by atoms with Gasteiger partial charge in [-0.15, -0.1) is 0 Å². The van der Waals surface area contributed by atoms with E-state index in [4.69, 9.17) is 21.1 Å². The summed E-state index contributed by atoms with van der Waals surface area (Å²) in [4.78, 5) is 17.5. The van der Waals surface area contributed by atoms with Crippen LogP contribution in [-0.2, 0) is 4.74 Å². The van der Waals surface area contributed by atoms with E-state index in [1.165, 1.54) is 7.11 Å². The minimum absolute atomic E-state index is 0.0316. The van der Waals surface area contributed by atoms with Crippen LogP contribution >= 0.6 is 11.6 Å². The van der Waals surface area contributed by atoms with Crippen LogP contribution in [0.15, 0.2) is 29.3 Å². The van der Waals surface area contributed by atoms with Crippen LogP contribution in [0.25, 0.3) is 0 Å². The third kappa shape index (κ3) is 6.29. The lowest BCUT2D eigenvalue weighted by Gasteiger charge is -2.32. The monoisotopic (exact) mass is 382 g/mol. The molecule has 1 saturated heterocycles. The molecule has 0 bridgehead atoms. The van der Waals surface area contributed by atoms with Gasteiger partial charge in [-0.3, -0.25) is 4.99 Å². The molecule has 2 N–H and O–H groups in total. The van der Waals surface area contributed by atoms with Gasteiger partial charge in [-0.2, -0.15) is 0 Å². The van der Waals surface area contributed by atoms with Crippen LogP contribution in [0.2, 0.25) is 5.02 Å². The zero-order valence-electron chi connectivity index (χ0n) is 15.5. The molecule has 1 heterocycles. The first kappa shape index (κ1) is 20.2. The molecule has 0 saturated carbocycles. The zero-order chi connectivity index (χ0) is 18.9. The van der Waals surface area contributed by atoms with Crippen molar-refractivity contribution in [3.05, 3.63) is 29.3 Å². The summed E-state index contributed by atoms with van der Waals surface area (Å²) in [6, 6.07) is 7.58. The smallest absolute Gasteiger partial charge is 0.409 e. The van der Waals surface area contributed by atoms with Crippen LogP contribution in [0.4, 0.5) is 4.79 Å². The highest BCUT2D eigenvalue weighted by Gasteiger charge is 2.23. The van der Waals surface area contributed by atoms with Gasteiger partial charge in [0.15, 0.2) is 5.96 Å². The fraction of sp³-hybridized carbons (Fsp3) is 0.556. The Morgan fingerprint density at radius 2 is 2.00 bits per heavy atom. The van der Waals surface area contributed by atoms with Crippen LogP contribution in [0.1, 0.15) is 19.8 Å². The van der Waals surface area contributed by atoms with Crippen LogP contribution in [0, 0.1) is 0 Å². The van der Waals surface area contributed by atoms with E-state index in [1.54, 1.807) is 24.1 Å². The maximum Gasteiger partial charge on any atom is 0.409 e. The molecule has 1 unspecified atom stereocenters. The van der Waals surface area contributed by atoms with Crippen molar-refractivity contribution in [2.45, 2.75) is 31.9 Å². The van der Waals surface area contributed by atoms with Gasteiger partial charge in [-0.05, 0) is 44.0 Å². The first-order valence-electron chi connectivity index (χ1n) is 8.74. The Labute approximate surface area is 159 Å². The fourth-order valence-electron chi connectivity index (χ4n) is 2.75. The summed E-state index contributed by atoms with van der Waals surface area (Å²) < 4.78 is 10.6. The van der Waals surface area contributed by atoms with Gasteiger partial charge in [-0.25, -0.2) is 4.79 Å². The number of hydrogen-bond donors (Lipinski definition) is 2. The van der Waals surface area contributed by atoms with E-state index < -0.39 is 0 Å². The molecule has 2 rings (SSSR count). The second-order valence-corrected chi connectivity index (χ2v) is 6.65. The van der Waals surface area contributed by atoms with Crippen molar-refractivity contribution in [2.24, 2.45) is 4.99 Å². The molecule has 1 aromatic carbocycles. The normalized spacial score (nSPS) is 16.8. The van der Waals surface area contributed by atoms with E-state index in [2.05, 4.69) is 15.6 Å². The number of carbonyl (C=O) groups excluding carboxylic acids is 1. The van der Waals surface area contributed by atoms with Crippen LogP contribution in [-0.4, -0.2) is 62.9 Å². The molecule has 1 aliphatic heterocycles. The number of amides is 1. The maximum atomic E-state index is 11.5. The van der Waals surface area contributed by atoms with Gasteiger partial charge in [0.25, 0.3) is 0 Å². The summed E-state index contributed by atoms with van der Waals surface area (Å²) in [5.41, 5.74) is 0. The second kappa shape index (κ2) is 10.1. The number of hydrogen-bond acceptors (Lipinski definition) is 4. The van der Waals surface area contributed by atoms with Gasteiger partial charge < -0.3 is 25.0 Å². The number of piperidine rings is 1. The Balaban J connectivity index is 1.72. The third-order valence-corrected chi connectivity index (χ3v) is 4.45. The van der Waals surface area contributed by atoms with Crippen molar-refractivity contribution in [1.29, 1.82) is 0 Å². The van der Waals surface area contributed by atoms with Gasteiger partial charge in [0.1, 0.15) is 11.9 Å². The first-order valence-corrected chi connectivity index (χ1v) is 9.12. The Morgan fingerprint density at radius 1 is 1.35 bits per heavy atom. The number of nitrogens with one attached hydrogen (secondary N) is 2. The summed E-state index contributed by atoms with van der Waals surface area (Å²) in [6.45, 7) is 3.96. The Bertz CT molecular complexity index is 601. The van der Waals surface area contributed by atoms with Crippen molar-refractivity contribution in [1.82, 2.24) is 15.5 Å². The second-order valence-electron chi connectivity index (χ2n) is 6.21. The van der Waals surface area contributed by atoms with Gasteiger partial charge in [0.05, 0.1) is 13.7 Å². The lowest BCUT2D eigenvalue weighted by molar-refractivity contribution is 0.111. The molecule has 7 nitrogen and oxygen atoms in total. The number of likely N-dealkylation sites (tertiary alicyclic amines) is 1. The van der Waals surface area contributed by atoms with E-state index in [1.807, 2.05) is 19.1 Å². The minimum Gasteiger partial charge on any atom is -0.489 e. The molecular weight excluding hydrogens is 356 g/mol. The molecule has 1 aliphatic rings. The number of benzene rings is 1. The summed E-state index contributed by atoms with van der Waals surface area (Å²) in [5.74, 6) is 1.51. The molecule has 144 valence electrons. The Morgan fingerprint density at radius 3 is 2.58 bits per heavy atom. The van der Waals surface area contributed by atoms with E-state index in [-0.39, 0.29) is 18.2 Å². The highest BCUT2D eigenvalue weighted by atomic mass is 35.5. The van der Waals surface area contributed by atoms with Crippen molar-refractivity contribution >= 4 is 23.7 Å². The molecule has 1 atom stereocenters. The van der Waals surface area contributed by atoms with Gasteiger partial charge >= 0.3 is 6.09 Å². The Hall–Kier alpha value is -2.15. The number of aliphatic imine (C=N–C) groups is 1. The molecule has 0 spiro atoms. The number of ether oxygens (including phenoxy) is 2. The molecule has 0 radical (unpaired) electrons. The fourth-order valence-corrected chi connectivity index (χ4v) is 2.88. The number of nitrogens with zero attached hydrogens (tertiary/aromatic N) is 2. The predicted octanol–water partition coefficient (Wildman–Crippen LogP) is 2.50.